The third kappa shape index (κ3) is 3.45. The van der Waals surface area contributed by atoms with Crippen molar-refractivity contribution in [2.75, 3.05) is 0 Å². The summed E-state index contributed by atoms with van der Waals surface area (Å²) in [5, 5.41) is 3.63. The van der Waals surface area contributed by atoms with Gasteiger partial charge in [0.05, 0.1) is 0 Å². The van der Waals surface area contributed by atoms with Gasteiger partial charge in [-0.05, 0) is 43.2 Å². The Morgan fingerprint density at radius 2 is 1.86 bits per heavy atom. The van der Waals surface area contributed by atoms with E-state index in [1.807, 2.05) is 0 Å². The molecule has 1 aromatic carbocycles. The molecule has 3 aromatic rings. The lowest BCUT2D eigenvalue weighted by Gasteiger charge is -2.09. The van der Waals surface area contributed by atoms with Crippen molar-refractivity contribution in [3.63, 3.8) is 0 Å². The largest absolute Gasteiger partial charge is 0.435 e. The second-order valence-corrected chi connectivity index (χ2v) is 6.69. The van der Waals surface area contributed by atoms with Crippen LogP contribution < -0.4 is 5.73 Å². The number of alkyl halides is 3. The van der Waals surface area contributed by atoms with Crippen molar-refractivity contribution in [1.82, 2.24) is 14.8 Å². The van der Waals surface area contributed by atoms with Crippen LogP contribution in [-0.4, -0.2) is 20.7 Å². The van der Waals surface area contributed by atoms with E-state index in [2.05, 4.69) is 10.1 Å². The zero-order valence-electron chi connectivity index (χ0n) is 14.7. The standard InChI is InChI=1S/C19H13F5N4O/c20-12-5-4-11(17(21)16(12)18(25)29)10-3-6-15(26-8-10)28-13(9-1-2-9)7-14(27-28)19(22,23)24/h3-9H,1-2H2,(H2,25,29). The Kier molecular flexibility index (Phi) is 4.36. The highest BCUT2D eigenvalue weighted by molar-refractivity contribution is 5.94. The number of carbonyl (C=O) groups is 1. The van der Waals surface area contributed by atoms with Gasteiger partial charge in [-0.25, -0.2) is 18.4 Å². The second-order valence-electron chi connectivity index (χ2n) is 6.69. The molecule has 10 heteroatoms. The maximum atomic E-state index is 14.5. The molecule has 2 heterocycles. The number of hydrogen-bond donors (Lipinski definition) is 1. The van der Waals surface area contributed by atoms with Crippen molar-refractivity contribution in [2.45, 2.75) is 24.9 Å². The number of nitrogens with two attached hydrogens (primary N) is 1. The third-order valence-electron chi connectivity index (χ3n) is 4.64. The SMILES string of the molecule is NC(=O)c1c(F)ccc(-c2ccc(-n3nc(C(F)(F)F)cc3C3CC3)nc2)c1F. The van der Waals surface area contributed by atoms with Crippen LogP contribution in [0.5, 0.6) is 0 Å². The lowest BCUT2D eigenvalue weighted by Crippen LogP contribution is -2.16. The van der Waals surface area contributed by atoms with Crippen LogP contribution in [-0.2, 0) is 6.18 Å². The van der Waals surface area contributed by atoms with E-state index in [0.29, 0.717) is 5.69 Å². The number of aromatic nitrogens is 3. The fourth-order valence-corrected chi connectivity index (χ4v) is 3.06. The molecule has 0 unspecified atom stereocenters. The van der Waals surface area contributed by atoms with Gasteiger partial charge in [0.2, 0.25) is 0 Å². The minimum absolute atomic E-state index is 0.0206. The first-order valence-corrected chi connectivity index (χ1v) is 8.58. The highest BCUT2D eigenvalue weighted by Gasteiger charge is 2.38. The van der Waals surface area contributed by atoms with Gasteiger partial charge in [0, 0.05) is 28.9 Å². The van der Waals surface area contributed by atoms with E-state index in [9.17, 15) is 26.7 Å². The molecule has 2 N–H and O–H groups in total. The second kappa shape index (κ2) is 6.64. The number of rotatable bonds is 4. The van der Waals surface area contributed by atoms with E-state index in [1.54, 1.807) is 0 Å². The predicted octanol–water partition coefficient (Wildman–Crippen LogP) is 4.21. The van der Waals surface area contributed by atoms with E-state index in [-0.39, 0.29) is 22.9 Å². The number of pyridine rings is 1. The Morgan fingerprint density at radius 3 is 2.41 bits per heavy atom. The molecule has 5 nitrogen and oxygen atoms in total. The monoisotopic (exact) mass is 408 g/mol. The van der Waals surface area contributed by atoms with Crippen LogP contribution in [0.1, 0.15) is 40.5 Å². The van der Waals surface area contributed by atoms with Crippen LogP contribution in [0.15, 0.2) is 36.5 Å². The first-order chi connectivity index (χ1) is 13.7. The van der Waals surface area contributed by atoms with Crippen LogP contribution in [0.3, 0.4) is 0 Å². The van der Waals surface area contributed by atoms with Gasteiger partial charge in [-0.15, -0.1) is 0 Å². The molecule has 1 aliphatic carbocycles. The van der Waals surface area contributed by atoms with E-state index in [1.165, 1.54) is 18.3 Å². The average molecular weight is 408 g/mol. The van der Waals surface area contributed by atoms with Crippen molar-refractivity contribution < 1.29 is 26.7 Å². The fourth-order valence-electron chi connectivity index (χ4n) is 3.06. The zero-order chi connectivity index (χ0) is 20.9. The maximum Gasteiger partial charge on any atom is 0.435 e. The molecule has 1 saturated carbocycles. The molecule has 0 spiro atoms. The molecule has 4 rings (SSSR count). The molecule has 1 amide bonds. The first-order valence-electron chi connectivity index (χ1n) is 8.58. The maximum absolute atomic E-state index is 14.5. The van der Waals surface area contributed by atoms with Crippen molar-refractivity contribution in [3.05, 3.63) is 65.1 Å². The summed E-state index contributed by atoms with van der Waals surface area (Å²) >= 11 is 0. The molecule has 0 radical (unpaired) electrons. The Bertz CT molecular complexity index is 1100. The summed E-state index contributed by atoms with van der Waals surface area (Å²) in [4.78, 5) is 15.4. The van der Waals surface area contributed by atoms with Gasteiger partial charge >= 0.3 is 6.18 Å². The number of halogens is 5. The van der Waals surface area contributed by atoms with Crippen LogP contribution in [0.2, 0.25) is 0 Å². The summed E-state index contributed by atoms with van der Waals surface area (Å²) in [6.07, 6.45) is -1.85. The Labute approximate surface area is 161 Å². The topological polar surface area (TPSA) is 73.8 Å². The Balaban J connectivity index is 1.74. The molecule has 2 aromatic heterocycles. The third-order valence-corrected chi connectivity index (χ3v) is 4.64. The molecule has 0 aliphatic heterocycles. The van der Waals surface area contributed by atoms with Crippen LogP contribution in [0, 0.1) is 11.6 Å². The minimum Gasteiger partial charge on any atom is -0.365 e. The van der Waals surface area contributed by atoms with Gasteiger partial charge in [-0.3, -0.25) is 4.79 Å². The van der Waals surface area contributed by atoms with Crippen LogP contribution >= 0.6 is 0 Å². The summed E-state index contributed by atoms with van der Waals surface area (Å²) in [5.74, 6) is -3.37. The smallest absolute Gasteiger partial charge is 0.365 e. The number of benzene rings is 1. The van der Waals surface area contributed by atoms with E-state index >= 15 is 0 Å². The molecule has 29 heavy (non-hydrogen) atoms. The van der Waals surface area contributed by atoms with Crippen molar-refractivity contribution >= 4 is 5.91 Å². The summed E-state index contributed by atoms with van der Waals surface area (Å²) in [6.45, 7) is 0. The van der Waals surface area contributed by atoms with Gasteiger partial charge in [0.1, 0.15) is 17.2 Å². The van der Waals surface area contributed by atoms with Crippen LogP contribution in [0.25, 0.3) is 16.9 Å². The molecular formula is C19H13F5N4O. The van der Waals surface area contributed by atoms with E-state index in [4.69, 9.17) is 5.73 Å². The number of hydrogen-bond acceptors (Lipinski definition) is 3. The van der Waals surface area contributed by atoms with Crippen molar-refractivity contribution in [3.8, 4) is 16.9 Å². The fraction of sp³-hybridized carbons (Fsp3) is 0.211. The Morgan fingerprint density at radius 1 is 1.14 bits per heavy atom. The number of amides is 1. The van der Waals surface area contributed by atoms with E-state index < -0.39 is 35.0 Å². The van der Waals surface area contributed by atoms with Gasteiger partial charge in [0.15, 0.2) is 11.5 Å². The van der Waals surface area contributed by atoms with Crippen molar-refractivity contribution in [1.29, 1.82) is 0 Å². The summed E-state index contributed by atoms with van der Waals surface area (Å²) in [7, 11) is 0. The van der Waals surface area contributed by atoms with Gasteiger partial charge < -0.3 is 5.73 Å². The summed E-state index contributed by atoms with van der Waals surface area (Å²) < 4.78 is 68.4. The average Bonchev–Trinajstić information content (AvgIpc) is 3.39. The molecule has 150 valence electrons. The number of carbonyl (C=O) groups excluding carboxylic acids is 1. The molecule has 1 fully saturated rings. The molecular weight excluding hydrogens is 395 g/mol. The quantitative estimate of drug-likeness (QED) is 0.658. The normalized spacial score (nSPS) is 14.2. The molecule has 1 aliphatic rings. The van der Waals surface area contributed by atoms with Crippen LogP contribution in [0.4, 0.5) is 22.0 Å². The predicted molar refractivity (Wildman–Crippen MR) is 92.2 cm³/mol. The zero-order valence-corrected chi connectivity index (χ0v) is 14.7. The number of primary amides is 1. The van der Waals surface area contributed by atoms with Gasteiger partial charge in [-0.2, -0.15) is 18.3 Å². The highest BCUT2D eigenvalue weighted by Crippen LogP contribution is 2.42. The van der Waals surface area contributed by atoms with Gasteiger partial charge in [0.25, 0.3) is 5.91 Å². The minimum atomic E-state index is -4.59. The summed E-state index contributed by atoms with van der Waals surface area (Å²) in [6, 6.07) is 5.81. The van der Waals surface area contributed by atoms with Crippen molar-refractivity contribution in [2.24, 2.45) is 5.73 Å². The van der Waals surface area contributed by atoms with Gasteiger partial charge in [-0.1, -0.05) is 0 Å². The lowest BCUT2D eigenvalue weighted by molar-refractivity contribution is -0.141. The first kappa shape index (κ1) is 19.0. The molecule has 0 saturated heterocycles. The number of nitrogens with zero attached hydrogens (tertiary/aromatic N) is 3. The molecule has 0 bridgehead atoms. The lowest BCUT2D eigenvalue weighted by atomic mass is 10.0. The summed E-state index contributed by atoms with van der Waals surface area (Å²) in [5.41, 5.74) is 3.62. The van der Waals surface area contributed by atoms with E-state index in [0.717, 1.165) is 35.7 Å². The Hall–Kier alpha value is -3.30. The highest BCUT2D eigenvalue weighted by atomic mass is 19.4. The molecule has 0 atom stereocenters.